The van der Waals surface area contributed by atoms with Gasteiger partial charge in [0.1, 0.15) is 0 Å². The summed E-state index contributed by atoms with van der Waals surface area (Å²) >= 11 is 3.41. The first-order chi connectivity index (χ1) is 8.81. The lowest BCUT2D eigenvalue weighted by atomic mass is 10.0. The van der Waals surface area contributed by atoms with Crippen molar-refractivity contribution in [2.24, 2.45) is 0 Å². The van der Waals surface area contributed by atoms with Gasteiger partial charge in [-0.05, 0) is 59.4 Å². The normalized spacial score (nSPS) is 19.3. The molecule has 0 spiro atoms. The van der Waals surface area contributed by atoms with Crippen molar-refractivity contribution >= 4 is 15.9 Å². The summed E-state index contributed by atoms with van der Waals surface area (Å²) in [6, 6.07) is 9.32. The number of nitrogens with zero attached hydrogens (tertiary/aromatic N) is 2. The van der Waals surface area contributed by atoms with Crippen LogP contribution >= 0.6 is 15.9 Å². The zero-order valence-electron chi connectivity index (χ0n) is 10.1. The standard InChI is InChI=1S/C14H16BrN3/c15-12-9-17-18(10-12)14-5-3-11(4-6-14)8-13-2-1-7-16-13/h3-6,9-10,13,16H,1-2,7-8H2. The van der Waals surface area contributed by atoms with Crippen LogP contribution in [0.3, 0.4) is 0 Å². The van der Waals surface area contributed by atoms with Crippen LogP contribution in [0.1, 0.15) is 18.4 Å². The molecular weight excluding hydrogens is 290 g/mol. The second kappa shape index (κ2) is 5.24. The second-order valence-corrected chi connectivity index (χ2v) is 5.68. The van der Waals surface area contributed by atoms with Crippen molar-refractivity contribution in [1.29, 1.82) is 0 Å². The maximum Gasteiger partial charge on any atom is 0.0646 e. The van der Waals surface area contributed by atoms with Crippen molar-refractivity contribution < 1.29 is 0 Å². The maximum atomic E-state index is 4.28. The number of rotatable bonds is 3. The second-order valence-electron chi connectivity index (χ2n) is 4.77. The van der Waals surface area contributed by atoms with Crippen LogP contribution in [0.5, 0.6) is 0 Å². The van der Waals surface area contributed by atoms with E-state index in [0.717, 1.165) is 16.6 Å². The van der Waals surface area contributed by atoms with Crippen LogP contribution in [0.25, 0.3) is 5.69 Å². The Morgan fingerprint density at radius 1 is 1.33 bits per heavy atom. The summed E-state index contributed by atoms with van der Waals surface area (Å²) < 4.78 is 2.88. The first kappa shape index (κ1) is 11.9. The fourth-order valence-corrected chi connectivity index (χ4v) is 2.73. The van der Waals surface area contributed by atoms with Crippen LogP contribution in [-0.4, -0.2) is 22.4 Å². The molecule has 1 N–H and O–H groups in total. The average molecular weight is 306 g/mol. The summed E-state index contributed by atoms with van der Waals surface area (Å²) in [6.45, 7) is 1.17. The number of benzene rings is 1. The minimum atomic E-state index is 0.662. The molecule has 18 heavy (non-hydrogen) atoms. The van der Waals surface area contributed by atoms with E-state index in [9.17, 15) is 0 Å². The van der Waals surface area contributed by atoms with E-state index in [1.54, 1.807) is 6.20 Å². The van der Waals surface area contributed by atoms with E-state index in [1.165, 1.54) is 24.9 Å². The molecule has 3 nitrogen and oxygen atoms in total. The molecule has 0 saturated carbocycles. The highest BCUT2D eigenvalue weighted by molar-refractivity contribution is 9.10. The van der Waals surface area contributed by atoms with E-state index in [2.05, 4.69) is 50.6 Å². The minimum Gasteiger partial charge on any atom is -0.314 e. The van der Waals surface area contributed by atoms with Crippen molar-refractivity contribution in [3.63, 3.8) is 0 Å². The van der Waals surface area contributed by atoms with Crippen molar-refractivity contribution in [1.82, 2.24) is 15.1 Å². The van der Waals surface area contributed by atoms with Crippen LogP contribution < -0.4 is 5.32 Å². The molecule has 1 aromatic carbocycles. The molecule has 4 heteroatoms. The minimum absolute atomic E-state index is 0.662. The zero-order chi connectivity index (χ0) is 12.4. The molecule has 1 fully saturated rings. The lowest BCUT2D eigenvalue weighted by Gasteiger charge is -2.10. The van der Waals surface area contributed by atoms with Gasteiger partial charge in [-0.25, -0.2) is 4.68 Å². The van der Waals surface area contributed by atoms with Gasteiger partial charge in [0, 0.05) is 12.2 Å². The highest BCUT2D eigenvalue weighted by Gasteiger charge is 2.14. The van der Waals surface area contributed by atoms with Crippen molar-refractivity contribution in [2.45, 2.75) is 25.3 Å². The molecule has 0 bridgehead atoms. The Kier molecular flexibility index (Phi) is 3.48. The van der Waals surface area contributed by atoms with Gasteiger partial charge in [0.15, 0.2) is 0 Å². The Balaban J connectivity index is 1.72. The smallest absolute Gasteiger partial charge is 0.0646 e. The molecule has 3 rings (SSSR count). The predicted octanol–water partition coefficient (Wildman–Crippen LogP) is 2.93. The molecule has 1 atom stereocenters. The largest absolute Gasteiger partial charge is 0.314 e. The summed E-state index contributed by atoms with van der Waals surface area (Å²) in [4.78, 5) is 0. The monoisotopic (exact) mass is 305 g/mol. The first-order valence-corrected chi connectivity index (χ1v) is 7.13. The van der Waals surface area contributed by atoms with E-state index in [-0.39, 0.29) is 0 Å². The third kappa shape index (κ3) is 2.65. The van der Waals surface area contributed by atoms with Crippen molar-refractivity contribution in [3.05, 3.63) is 46.7 Å². The van der Waals surface area contributed by atoms with Gasteiger partial charge >= 0.3 is 0 Å². The van der Waals surface area contributed by atoms with Crippen molar-refractivity contribution in [3.8, 4) is 5.69 Å². The summed E-state index contributed by atoms with van der Waals surface area (Å²) in [7, 11) is 0. The molecule has 1 aliphatic heterocycles. The summed E-state index contributed by atoms with van der Waals surface area (Å²) in [5.74, 6) is 0. The van der Waals surface area contributed by atoms with Crippen LogP contribution in [-0.2, 0) is 6.42 Å². The lowest BCUT2D eigenvalue weighted by molar-refractivity contribution is 0.603. The average Bonchev–Trinajstić information content (AvgIpc) is 3.02. The molecule has 94 valence electrons. The SMILES string of the molecule is Brc1cnn(-c2ccc(CC3CCCN3)cc2)c1. The van der Waals surface area contributed by atoms with Gasteiger partial charge in [-0.15, -0.1) is 0 Å². The fraction of sp³-hybridized carbons (Fsp3) is 0.357. The van der Waals surface area contributed by atoms with Crippen LogP contribution in [0, 0.1) is 0 Å². The van der Waals surface area contributed by atoms with Crippen LogP contribution in [0.15, 0.2) is 41.1 Å². The first-order valence-electron chi connectivity index (χ1n) is 6.34. The molecule has 1 aliphatic rings. The Labute approximate surface area is 115 Å². The van der Waals surface area contributed by atoms with Gasteiger partial charge in [0.25, 0.3) is 0 Å². The molecule has 1 saturated heterocycles. The van der Waals surface area contributed by atoms with Crippen LogP contribution in [0.2, 0.25) is 0 Å². The summed E-state index contributed by atoms with van der Waals surface area (Å²) in [5, 5.41) is 7.81. The van der Waals surface area contributed by atoms with Gasteiger partial charge in [0.05, 0.1) is 16.4 Å². The number of nitrogens with one attached hydrogen (secondary N) is 1. The lowest BCUT2D eigenvalue weighted by Crippen LogP contribution is -2.23. The predicted molar refractivity (Wildman–Crippen MR) is 76.0 cm³/mol. The number of halogens is 1. The Morgan fingerprint density at radius 2 is 2.17 bits per heavy atom. The topological polar surface area (TPSA) is 29.9 Å². The molecule has 2 heterocycles. The van der Waals surface area contributed by atoms with E-state index in [4.69, 9.17) is 0 Å². The molecule has 0 amide bonds. The highest BCUT2D eigenvalue weighted by Crippen LogP contribution is 2.16. The highest BCUT2D eigenvalue weighted by atomic mass is 79.9. The third-order valence-corrected chi connectivity index (χ3v) is 3.81. The molecule has 2 aromatic rings. The van der Waals surface area contributed by atoms with E-state index >= 15 is 0 Å². The van der Waals surface area contributed by atoms with Gasteiger partial charge in [-0.3, -0.25) is 0 Å². The Morgan fingerprint density at radius 3 is 2.78 bits per heavy atom. The maximum absolute atomic E-state index is 4.28. The van der Waals surface area contributed by atoms with Gasteiger partial charge in [-0.1, -0.05) is 12.1 Å². The number of aromatic nitrogens is 2. The van der Waals surface area contributed by atoms with E-state index in [1.807, 2.05) is 10.9 Å². The molecule has 0 aliphatic carbocycles. The molecular formula is C14H16BrN3. The van der Waals surface area contributed by atoms with Gasteiger partial charge in [-0.2, -0.15) is 5.10 Å². The Hall–Kier alpha value is -1.13. The summed E-state index contributed by atoms with van der Waals surface area (Å²) in [5.41, 5.74) is 2.49. The van der Waals surface area contributed by atoms with Crippen LogP contribution in [0.4, 0.5) is 0 Å². The molecule has 0 radical (unpaired) electrons. The Bertz CT molecular complexity index is 512. The summed E-state index contributed by atoms with van der Waals surface area (Å²) in [6.07, 6.45) is 7.50. The number of hydrogen-bond donors (Lipinski definition) is 1. The van der Waals surface area contributed by atoms with E-state index in [0.29, 0.717) is 6.04 Å². The van der Waals surface area contributed by atoms with Gasteiger partial charge in [0.2, 0.25) is 0 Å². The zero-order valence-corrected chi connectivity index (χ0v) is 11.7. The third-order valence-electron chi connectivity index (χ3n) is 3.40. The number of hydrogen-bond acceptors (Lipinski definition) is 2. The van der Waals surface area contributed by atoms with Gasteiger partial charge < -0.3 is 5.32 Å². The van der Waals surface area contributed by atoms with E-state index < -0.39 is 0 Å². The van der Waals surface area contributed by atoms with Crippen molar-refractivity contribution in [2.75, 3.05) is 6.54 Å². The molecule has 1 unspecified atom stereocenters. The quantitative estimate of drug-likeness (QED) is 0.945. The fourth-order valence-electron chi connectivity index (χ4n) is 2.44. The molecule has 1 aromatic heterocycles.